The van der Waals surface area contributed by atoms with E-state index in [1.165, 1.54) is 0 Å². The van der Waals surface area contributed by atoms with E-state index in [9.17, 15) is 15.1 Å². The van der Waals surface area contributed by atoms with Gasteiger partial charge in [0, 0.05) is 0 Å². The molecule has 0 aliphatic carbocycles. The average Bonchev–Trinajstić information content (AvgIpc) is 2.11. The molecule has 1 fully saturated rings. The Bertz CT molecular complexity index is 197. The number of rotatable bonds is 2. The Kier molecular flexibility index (Phi) is 6.42. The average molecular weight is 405 g/mol. The second kappa shape index (κ2) is 6.19. The summed E-state index contributed by atoms with van der Waals surface area (Å²) in [6, 6.07) is 0. The van der Waals surface area contributed by atoms with Crippen molar-refractivity contribution in [2.45, 2.75) is 29.9 Å². The molecule has 1 saturated heterocycles. The van der Waals surface area contributed by atoms with Gasteiger partial charge in [0.15, 0.2) is 0 Å². The van der Waals surface area contributed by atoms with Crippen molar-refractivity contribution in [3.05, 3.63) is 4.91 Å². The first-order valence-corrected chi connectivity index (χ1v) is 4.19. The van der Waals surface area contributed by atoms with Crippen LogP contribution in [0.1, 0.15) is 0 Å². The minimum atomic E-state index is -1.39. The normalized spacial score (nSPS) is 42.7. The van der Waals surface area contributed by atoms with Crippen LogP contribution in [-0.2, 0) is 39.7 Å². The van der Waals surface area contributed by atoms with Gasteiger partial charge in [-0.05, 0) is 5.44 Å². The first-order chi connectivity index (χ1) is 6.07. The second-order valence-corrected chi connectivity index (χ2v) is 3.29. The largest absolute Gasteiger partial charge is 1.00 e. The molecule has 1 rings (SSSR count). The summed E-state index contributed by atoms with van der Waals surface area (Å²) in [7, 11) is 0. The molecule has 0 aromatic heterocycles. The van der Waals surface area contributed by atoms with E-state index in [1.807, 2.05) is 0 Å². The summed E-state index contributed by atoms with van der Waals surface area (Å²) < 4.78 is 4.88. The second-order valence-electron chi connectivity index (χ2n) is 2.83. The van der Waals surface area contributed by atoms with Gasteiger partial charge in [-0.1, -0.05) is 5.18 Å². The Hall–Kier alpha value is 0.530. The van der Waals surface area contributed by atoms with Crippen LogP contribution in [-0.4, -0.2) is 51.7 Å². The third-order valence-corrected chi connectivity index (χ3v) is 2.31. The molecule has 5 atom stereocenters. The smallest absolute Gasteiger partial charge is 0.759 e. The molecule has 6 nitrogen and oxygen atoms in total. The molecular weight excluding hydrogens is 395 g/mol. The fourth-order valence-corrected chi connectivity index (χ4v) is 1.44. The summed E-state index contributed by atoms with van der Waals surface area (Å²) in [5, 5.41) is 30.2. The molecule has 0 aromatic carbocycles. The monoisotopic (exact) mass is 405 g/mol. The molecule has 0 saturated carbocycles. The molecule has 3 N–H and O–H groups in total. The van der Waals surface area contributed by atoms with Crippen molar-refractivity contribution in [2.24, 2.45) is 5.18 Å². The molecule has 0 bridgehead atoms. The van der Waals surface area contributed by atoms with E-state index in [2.05, 4.69) is 17.8 Å². The van der Waals surface area contributed by atoms with Gasteiger partial charge in [0.2, 0.25) is 0 Å². The van der Waals surface area contributed by atoms with E-state index in [0.717, 1.165) is 0 Å². The van der Waals surface area contributed by atoms with Crippen LogP contribution in [0.3, 0.4) is 0 Å². The van der Waals surface area contributed by atoms with Crippen molar-refractivity contribution in [3.8, 4) is 0 Å². The van der Waals surface area contributed by atoms with Crippen LogP contribution < -0.4 is 0 Å². The van der Waals surface area contributed by atoms with Crippen LogP contribution in [0.4, 0.5) is 0 Å². The maximum Gasteiger partial charge on any atom is 1.00 e. The predicted molar refractivity (Wildman–Crippen MR) is 44.7 cm³/mol. The van der Waals surface area contributed by atoms with Gasteiger partial charge in [0.1, 0.15) is 24.9 Å². The number of hydrogen-bond acceptors (Lipinski definition) is 7. The van der Waals surface area contributed by atoms with Gasteiger partial charge in [0.05, 0.1) is 6.10 Å². The van der Waals surface area contributed by atoms with Gasteiger partial charge < -0.3 is 32.7 Å². The predicted octanol–water partition coefficient (Wildman–Crippen LogP) is -1.90. The maximum atomic E-state index is 9.89. The Morgan fingerprint density at radius 2 is 1.79 bits per heavy atom. The van der Waals surface area contributed by atoms with E-state index >= 15 is 0 Å². The van der Waals surface area contributed by atoms with Gasteiger partial charge in [-0.2, -0.15) is 4.91 Å². The van der Waals surface area contributed by atoms with Crippen molar-refractivity contribution in [1.82, 2.24) is 0 Å². The van der Waals surface area contributed by atoms with E-state index in [-0.39, 0.29) is 28.9 Å². The van der Waals surface area contributed by atoms with E-state index in [1.54, 1.807) is 0 Å². The number of nitroso groups, excluding NO2 is 1. The summed E-state index contributed by atoms with van der Waals surface area (Å²) in [5.74, 6) is 0. The van der Waals surface area contributed by atoms with Gasteiger partial charge in [-0.15, -0.1) is 0 Å². The SMILES string of the molecule is O=NCC1OC([S-])C(O)C(O)C1O.[Au+]. The van der Waals surface area contributed by atoms with Crippen molar-refractivity contribution in [2.75, 3.05) is 6.54 Å². The molecule has 0 amide bonds. The van der Waals surface area contributed by atoms with Crippen LogP contribution in [0.2, 0.25) is 0 Å². The third kappa shape index (κ3) is 3.01. The van der Waals surface area contributed by atoms with Gasteiger partial charge in [0.25, 0.3) is 0 Å². The zero-order valence-electron chi connectivity index (χ0n) is 6.91. The summed E-state index contributed by atoms with van der Waals surface area (Å²) in [6.45, 7) is -0.294. The Labute approximate surface area is 102 Å². The molecular formula is C6H10AuNO5S. The minimum Gasteiger partial charge on any atom is -0.759 e. The van der Waals surface area contributed by atoms with Gasteiger partial charge in [-0.3, -0.25) is 0 Å². The quantitative estimate of drug-likeness (QED) is 0.282. The topological polar surface area (TPSA) is 99.4 Å². The van der Waals surface area contributed by atoms with E-state index < -0.39 is 29.9 Å². The van der Waals surface area contributed by atoms with Crippen LogP contribution in [0.15, 0.2) is 5.18 Å². The molecule has 86 valence electrons. The molecule has 1 aliphatic rings. The Balaban J connectivity index is 0.00000169. The van der Waals surface area contributed by atoms with Crippen molar-refractivity contribution < 1.29 is 42.4 Å². The zero-order valence-corrected chi connectivity index (χ0v) is 9.89. The molecule has 0 aromatic rings. The third-order valence-electron chi connectivity index (χ3n) is 1.92. The first kappa shape index (κ1) is 14.5. The number of ether oxygens (including phenoxy) is 1. The summed E-state index contributed by atoms with van der Waals surface area (Å²) in [6.07, 6.45) is -4.96. The standard InChI is InChI=1S/C6H11NO5S.Au/c8-3-2(1-7-11)12-6(13)5(10)4(3)9;/h2-6,8-10,13H,1H2;/q;+1/p-1. The maximum absolute atomic E-state index is 9.89. The van der Waals surface area contributed by atoms with E-state index in [4.69, 9.17) is 9.84 Å². The van der Waals surface area contributed by atoms with Crippen molar-refractivity contribution in [3.63, 3.8) is 0 Å². The zero-order chi connectivity index (χ0) is 10.0. The summed E-state index contributed by atoms with van der Waals surface area (Å²) in [4.78, 5) is 9.89. The molecule has 0 radical (unpaired) electrons. The van der Waals surface area contributed by atoms with Crippen LogP contribution in [0.25, 0.3) is 0 Å². The van der Waals surface area contributed by atoms with Gasteiger partial charge in [-0.25, -0.2) is 0 Å². The van der Waals surface area contributed by atoms with Crippen molar-refractivity contribution in [1.29, 1.82) is 0 Å². The fourth-order valence-electron chi connectivity index (χ4n) is 1.14. The summed E-state index contributed by atoms with van der Waals surface area (Å²) >= 11 is 4.65. The Morgan fingerprint density at radius 3 is 2.29 bits per heavy atom. The van der Waals surface area contributed by atoms with Crippen molar-refractivity contribution >= 4 is 12.6 Å². The molecule has 1 aliphatic heterocycles. The molecule has 1 heterocycles. The number of aliphatic hydroxyl groups is 3. The molecule has 8 heteroatoms. The molecule has 5 unspecified atom stereocenters. The van der Waals surface area contributed by atoms with E-state index in [0.29, 0.717) is 0 Å². The Morgan fingerprint density at radius 1 is 1.21 bits per heavy atom. The number of nitrogens with zero attached hydrogens (tertiary/aromatic N) is 1. The van der Waals surface area contributed by atoms with Crippen LogP contribution in [0.5, 0.6) is 0 Å². The molecule has 0 spiro atoms. The summed E-state index contributed by atoms with van der Waals surface area (Å²) in [5.41, 5.74) is -1.02. The minimum absolute atomic E-state index is 0. The van der Waals surface area contributed by atoms with Crippen LogP contribution in [0, 0.1) is 4.91 Å². The molecule has 14 heavy (non-hydrogen) atoms. The van der Waals surface area contributed by atoms with Gasteiger partial charge >= 0.3 is 22.4 Å². The fraction of sp³-hybridized carbons (Fsp3) is 1.00. The number of aliphatic hydroxyl groups excluding tert-OH is 3. The van der Waals surface area contributed by atoms with Crippen LogP contribution >= 0.6 is 0 Å². The number of hydrogen-bond donors (Lipinski definition) is 3. The first-order valence-electron chi connectivity index (χ1n) is 3.72.